The number of nitriles is 1. The van der Waals surface area contributed by atoms with Gasteiger partial charge in [0.25, 0.3) is 0 Å². The van der Waals surface area contributed by atoms with E-state index in [1.54, 1.807) is 19.1 Å². The second-order valence-electron chi connectivity index (χ2n) is 2.87. The van der Waals surface area contributed by atoms with Crippen LogP contribution in [-0.4, -0.2) is 5.78 Å². The smallest absolute Gasteiger partial charge is 0.160 e. The molecule has 66 valence electrons. The van der Waals surface area contributed by atoms with E-state index in [4.69, 9.17) is 11.0 Å². The number of hydrogen-bond acceptors (Lipinski definition) is 3. The van der Waals surface area contributed by atoms with Gasteiger partial charge < -0.3 is 5.73 Å². The minimum atomic E-state index is -0.0336. The zero-order valence-electron chi connectivity index (χ0n) is 7.59. The molecule has 0 saturated heterocycles. The van der Waals surface area contributed by atoms with Crippen LogP contribution >= 0.6 is 0 Å². The molecule has 2 N–H and O–H groups in total. The average molecular weight is 174 g/mol. The van der Waals surface area contributed by atoms with Gasteiger partial charge in [0.15, 0.2) is 5.78 Å². The number of ketones is 1. The van der Waals surface area contributed by atoms with Gasteiger partial charge in [-0.1, -0.05) is 0 Å². The Morgan fingerprint density at radius 3 is 2.62 bits per heavy atom. The molecule has 13 heavy (non-hydrogen) atoms. The Labute approximate surface area is 76.8 Å². The fraction of sp³-hybridized carbons (Fsp3) is 0.200. The molecule has 0 heterocycles. The van der Waals surface area contributed by atoms with Gasteiger partial charge in [0.2, 0.25) is 0 Å². The number of rotatable bonds is 1. The number of Topliss-reactive ketones (excluding diaryl/α,β-unsaturated/α-hetero) is 1. The molecule has 3 nitrogen and oxygen atoms in total. The first-order valence-electron chi connectivity index (χ1n) is 3.88. The van der Waals surface area contributed by atoms with Crippen molar-refractivity contribution in [1.29, 1.82) is 5.26 Å². The van der Waals surface area contributed by atoms with Crippen molar-refractivity contribution in [3.8, 4) is 6.07 Å². The SMILES string of the molecule is CC(=O)c1ccc(C#N)c(N)c1C. The van der Waals surface area contributed by atoms with Gasteiger partial charge in [-0.15, -0.1) is 0 Å². The van der Waals surface area contributed by atoms with Gasteiger partial charge in [-0.05, 0) is 31.5 Å². The molecule has 0 fully saturated rings. The molecule has 3 heteroatoms. The summed E-state index contributed by atoms with van der Waals surface area (Å²) in [5.74, 6) is -0.0336. The summed E-state index contributed by atoms with van der Waals surface area (Å²) < 4.78 is 0. The molecule has 0 bridgehead atoms. The van der Waals surface area contributed by atoms with Crippen molar-refractivity contribution in [1.82, 2.24) is 0 Å². The number of anilines is 1. The molecule has 1 aromatic rings. The summed E-state index contributed by atoms with van der Waals surface area (Å²) >= 11 is 0. The average Bonchev–Trinajstić information content (AvgIpc) is 2.09. The van der Waals surface area contributed by atoms with E-state index in [2.05, 4.69) is 0 Å². The fourth-order valence-corrected chi connectivity index (χ4v) is 1.21. The van der Waals surface area contributed by atoms with Crippen molar-refractivity contribution in [2.45, 2.75) is 13.8 Å². The largest absolute Gasteiger partial charge is 0.397 e. The Kier molecular flexibility index (Phi) is 2.34. The lowest BCUT2D eigenvalue weighted by Gasteiger charge is -2.06. The number of nitrogen functional groups attached to an aromatic ring is 1. The van der Waals surface area contributed by atoms with Gasteiger partial charge in [-0.2, -0.15) is 5.26 Å². The van der Waals surface area contributed by atoms with Crippen LogP contribution in [0.15, 0.2) is 12.1 Å². The minimum absolute atomic E-state index is 0.0336. The molecular formula is C10H10N2O. The zero-order chi connectivity index (χ0) is 10.0. The lowest BCUT2D eigenvalue weighted by molar-refractivity contribution is 0.101. The summed E-state index contributed by atoms with van der Waals surface area (Å²) in [6.07, 6.45) is 0. The van der Waals surface area contributed by atoms with Gasteiger partial charge in [0.05, 0.1) is 11.3 Å². The van der Waals surface area contributed by atoms with E-state index in [0.29, 0.717) is 22.4 Å². The van der Waals surface area contributed by atoms with Crippen LogP contribution in [-0.2, 0) is 0 Å². The van der Waals surface area contributed by atoms with Crippen LogP contribution < -0.4 is 5.73 Å². The monoisotopic (exact) mass is 174 g/mol. The predicted molar refractivity (Wildman–Crippen MR) is 50.3 cm³/mol. The molecule has 0 aliphatic heterocycles. The van der Waals surface area contributed by atoms with Crippen molar-refractivity contribution >= 4 is 11.5 Å². The number of carbonyl (C=O) groups excluding carboxylic acids is 1. The molecule has 1 aromatic carbocycles. The van der Waals surface area contributed by atoms with E-state index >= 15 is 0 Å². The maximum Gasteiger partial charge on any atom is 0.160 e. The van der Waals surface area contributed by atoms with E-state index in [-0.39, 0.29) is 5.78 Å². The third kappa shape index (κ3) is 1.52. The van der Waals surface area contributed by atoms with Crippen LogP contribution in [0.2, 0.25) is 0 Å². The number of carbonyl (C=O) groups is 1. The molecule has 0 radical (unpaired) electrons. The van der Waals surface area contributed by atoms with E-state index in [9.17, 15) is 4.79 Å². The highest BCUT2D eigenvalue weighted by Crippen LogP contribution is 2.20. The van der Waals surface area contributed by atoms with Crippen molar-refractivity contribution in [3.63, 3.8) is 0 Å². The number of nitrogens with two attached hydrogens (primary N) is 1. The second kappa shape index (κ2) is 3.28. The molecule has 0 atom stereocenters. The third-order valence-electron chi connectivity index (χ3n) is 2.01. The van der Waals surface area contributed by atoms with Gasteiger partial charge in [0.1, 0.15) is 6.07 Å². The Bertz CT molecular complexity index is 402. The molecule has 0 saturated carbocycles. The van der Waals surface area contributed by atoms with E-state index in [0.717, 1.165) is 0 Å². The van der Waals surface area contributed by atoms with Crippen LogP contribution in [0.3, 0.4) is 0 Å². The highest BCUT2D eigenvalue weighted by atomic mass is 16.1. The first kappa shape index (κ1) is 9.27. The first-order chi connectivity index (χ1) is 6.07. The van der Waals surface area contributed by atoms with Crippen LogP contribution in [0, 0.1) is 18.3 Å². The summed E-state index contributed by atoms with van der Waals surface area (Å²) in [5, 5.41) is 8.66. The number of benzene rings is 1. The summed E-state index contributed by atoms with van der Waals surface area (Å²) in [6.45, 7) is 3.22. The Balaban J connectivity index is 3.42. The van der Waals surface area contributed by atoms with Crippen LogP contribution in [0.1, 0.15) is 28.4 Å². The lowest BCUT2D eigenvalue weighted by Crippen LogP contribution is -2.02. The Morgan fingerprint density at radius 1 is 1.54 bits per heavy atom. The standard InChI is InChI=1S/C10H10N2O/c1-6-9(7(2)13)4-3-8(5-11)10(6)12/h3-4H,12H2,1-2H3. The van der Waals surface area contributed by atoms with Gasteiger partial charge in [0, 0.05) is 5.56 Å². The topological polar surface area (TPSA) is 66.9 Å². The fourth-order valence-electron chi connectivity index (χ4n) is 1.21. The molecule has 1 rings (SSSR count). The molecule has 0 spiro atoms. The van der Waals surface area contributed by atoms with Gasteiger partial charge >= 0.3 is 0 Å². The van der Waals surface area contributed by atoms with Gasteiger partial charge in [-0.3, -0.25) is 4.79 Å². The molecular weight excluding hydrogens is 164 g/mol. The van der Waals surface area contributed by atoms with E-state index in [1.165, 1.54) is 6.92 Å². The normalized spacial score (nSPS) is 9.31. The van der Waals surface area contributed by atoms with Crippen molar-refractivity contribution in [2.24, 2.45) is 0 Å². The van der Waals surface area contributed by atoms with Crippen LogP contribution in [0.25, 0.3) is 0 Å². The van der Waals surface area contributed by atoms with E-state index in [1.807, 2.05) is 6.07 Å². The molecule has 0 unspecified atom stereocenters. The summed E-state index contributed by atoms with van der Waals surface area (Å²) in [5.41, 5.74) is 7.74. The highest BCUT2D eigenvalue weighted by Gasteiger charge is 2.09. The Hall–Kier alpha value is -1.82. The molecule has 0 aliphatic rings. The van der Waals surface area contributed by atoms with Crippen molar-refractivity contribution in [3.05, 3.63) is 28.8 Å². The van der Waals surface area contributed by atoms with Crippen molar-refractivity contribution in [2.75, 3.05) is 5.73 Å². The third-order valence-corrected chi connectivity index (χ3v) is 2.01. The van der Waals surface area contributed by atoms with Crippen LogP contribution in [0.5, 0.6) is 0 Å². The summed E-state index contributed by atoms with van der Waals surface area (Å²) in [7, 11) is 0. The number of hydrogen-bond donors (Lipinski definition) is 1. The van der Waals surface area contributed by atoms with E-state index < -0.39 is 0 Å². The summed E-state index contributed by atoms with van der Waals surface area (Å²) in [6, 6.07) is 5.17. The zero-order valence-corrected chi connectivity index (χ0v) is 7.59. The van der Waals surface area contributed by atoms with Gasteiger partial charge in [-0.25, -0.2) is 0 Å². The minimum Gasteiger partial charge on any atom is -0.397 e. The van der Waals surface area contributed by atoms with Crippen LogP contribution in [0.4, 0.5) is 5.69 Å². The quantitative estimate of drug-likeness (QED) is 0.520. The lowest BCUT2D eigenvalue weighted by atomic mass is 10.0. The highest BCUT2D eigenvalue weighted by molar-refractivity contribution is 5.97. The molecule has 0 aromatic heterocycles. The maximum atomic E-state index is 11.1. The Morgan fingerprint density at radius 2 is 2.15 bits per heavy atom. The maximum absolute atomic E-state index is 11.1. The van der Waals surface area contributed by atoms with Crippen molar-refractivity contribution < 1.29 is 4.79 Å². The molecule has 0 aliphatic carbocycles. The molecule has 0 amide bonds. The second-order valence-corrected chi connectivity index (χ2v) is 2.87. The predicted octanol–water partition coefficient (Wildman–Crippen LogP) is 1.65. The summed E-state index contributed by atoms with van der Waals surface area (Å²) in [4.78, 5) is 11.1. The first-order valence-corrected chi connectivity index (χ1v) is 3.88. The number of nitrogens with zero attached hydrogens (tertiary/aromatic N) is 1.